The van der Waals surface area contributed by atoms with E-state index < -0.39 is 11.4 Å². The van der Waals surface area contributed by atoms with Gasteiger partial charge in [-0.15, -0.1) is 0 Å². The van der Waals surface area contributed by atoms with E-state index in [1.54, 1.807) is 4.90 Å². The first-order valence-electron chi connectivity index (χ1n) is 9.92. The Labute approximate surface area is 169 Å². The molecule has 2 heterocycles. The number of rotatable bonds is 3. The molecule has 0 saturated carbocycles. The largest absolute Gasteiger partial charge is 0.445 e. The van der Waals surface area contributed by atoms with Gasteiger partial charge in [-0.05, 0) is 43.0 Å². The SMILES string of the molecule is N#Cc1ccc(F)cc1C1(O)CC2CCCC(C1)N2C(=O)OCc1ccccc1. The van der Waals surface area contributed by atoms with E-state index in [-0.39, 0.29) is 43.2 Å². The summed E-state index contributed by atoms with van der Waals surface area (Å²) in [7, 11) is 0. The van der Waals surface area contributed by atoms with Crippen LogP contribution >= 0.6 is 0 Å². The van der Waals surface area contributed by atoms with Crippen molar-refractivity contribution in [2.24, 2.45) is 0 Å². The van der Waals surface area contributed by atoms with Crippen LogP contribution in [0.15, 0.2) is 48.5 Å². The summed E-state index contributed by atoms with van der Waals surface area (Å²) in [5.74, 6) is -0.484. The number of fused-ring (bicyclic) bond motifs is 2. The highest BCUT2D eigenvalue weighted by Crippen LogP contribution is 2.45. The molecular weight excluding hydrogens is 371 g/mol. The summed E-state index contributed by atoms with van der Waals surface area (Å²) in [6.07, 6.45) is 2.60. The predicted octanol–water partition coefficient (Wildman–Crippen LogP) is 4.24. The molecule has 0 radical (unpaired) electrons. The van der Waals surface area contributed by atoms with Crippen molar-refractivity contribution < 1.29 is 19.0 Å². The highest BCUT2D eigenvalue weighted by atomic mass is 19.1. The Morgan fingerprint density at radius 3 is 2.55 bits per heavy atom. The molecule has 4 rings (SSSR count). The van der Waals surface area contributed by atoms with Gasteiger partial charge in [-0.1, -0.05) is 30.3 Å². The van der Waals surface area contributed by atoms with Crippen LogP contribution in [0.1, 0.15) is 48.8 Å². The van der Waals surface area contributed by atoms with Gasteiger partial charge in [-0.25, -0.2) is 9.18 Å². The molecule has 2 aromatic carbocycles. The fourth-order valence-electron chi connectivity index (χ4n) is 4.74. The van der Waals surface area contributed by atoms with Crippen molar-refractivity contribution in [3.05, 3.63) is 71.0 Å². The molecule has 2 aliphatic rings. The first-order chi connectivity index (χ1) is 14.0. The third kappa shape index (κ3) is 3.83. The second-order valence-corrected chi connectivity index (χ2v) is 7.93. The van der Waals surface area contributed by atoms with E-state index in [1.165, 1.54) is 18.2 Å². The van der Waals surface area contributed by atoms with Crippen LogP contribution in [0.4, 0.5) is 9.18 Å². The molecule has 0 aromatic heterocycles. The van der Waals surface area contributed by atoms with E-state index in [4.69, 9.17) is 4.74 Å². The number of hydrogen-bond acceptors (Lipinski definition) is 4. The van der Waals surface area contributed by atoms with Crippen LogP contribution in [0.2, 0.25) is 0 Å². The van der Waals surface area contributed by atoms with Crippen LogP contribution in [0.3, 0.4) is 0 Å². The number of halogens is 1. The van der Waals surface area contributed by atoms with E-state index in [1.807, 2.05) is 30.3 Å². The molecule has 2 aliphatic heterocycles. The molecule has 2 saturated heterocycles. The normalized spacial score (nSPS) is 25.9. The first-order valence-corrected chi connectivity index (χ1v) is 9.92. The molecule has 2 unspecified atom stereocenters. The molecule has 2 bridgehead atoms. The summed E-state index contributed by atoms with van der Waals surface area (Å²) in [5, 5.41) is 20.8. The van der Waals surface area contributed by atoms with Crippen molar-refractivity contribution in [1.82, 2.24) is 4.90 Å². The maximum Gasteiger partial charge on any atom is 0.410 e. The zero-order valence-corrected chi connectivity index (χ0v) is 16.1. The van der Waals surface area contributed by atoms with Gasteiger partial charge in [-0.3, -0.25) is 0 Å². The van der Waals surface area contributed by atoms with Gasteiger partial charge in [0.05, 0.1) is 17.2 Å². The zero-order valence-electron chi connectivity index (χ0n) is 16.1. The number of carbonyl (C=O) groups excluding carboxylic acids is 1. The summed E-state index contributed by atoms with van der Waals surface area (Å²) in [4.78, 5) is 14.6. The average molecular weight is 394 g/mol. The Kier molecular flexibility index (Phi) is 5.25. The lowest BCUT2D eigenvalue weighted by Gasteiger charge is -2.51. The van der Waals surface area contributed by atoms with E-state index in [0.29, 0.717) is 5.56 Å². The van der Waals surface area contributed by atoms with Crippen molar-refractivity contribution in [2.75, 3.05) is 0 Å². The van der Waals surface area contributed by atoms with Crippen molar-refractivity contribution in [3.8, 4) is 6.07 Å². The molecule has 2 fully saturated rings. The monoisotopic (exact) mass is 394 g/mol. The summed E-state index contributed by atoms with van der Waals surface area (Å²) in [6.45, 7) is 0.197. The molecule has 6 heteroatoms. The molecule has 29 heavy (non-hydrogen) atoms. The fourth-order valence-corrected chi connectivity index (χ4v) is 4.74. The first kappa shape index (κ1) is 19.4. The van der Waals surface area contributed by atoms with Gasteiger partial charge in [0.1, 0.15) is 12.4 Å². The molecular formula is C23H23FN2O3. The lowest BCUT2D eigenvalue weighted by atomic mass is 9.71. The number of ether oxygens (including phenoxy) is 1. The number of amides is 1. The molecule has 0 spiro atoms. The minimum Gasteiger partial charge on any atom is -0.445 e. The summed E-state index contributed by atoms with van der Waals surface area (Å²) >= 11 is 0. The van der Waals surface area contributed by atoms with Gasteiger partial charge in [0.15, 0.2) is 0 Å². The van der Waals surface area contributed by atoms with Crippen molar-refractivity contribution in [3.63, 3.8) is 0 Å². The maximum atomic E-state index is 13.9. The number of nitriles is 1. The van der Waals surface area contributed by atoms with Gasteiger partial charge in [0.25, 0.3) is 0 Å². The molecule has 5 nitrogen and oxygen atoms in total. The van der Waals surface area contributed by atoms with Gasteiger partial charge >= 0.3 is 6.09 Å². The Bertz CT molecular complexity index is 927. The van der Waals surface area contributed by atoms with Crippen LogP contribution in [-0.2, 0) is 16.9 Å². The lowest BCUT2D eigenvalue weighted by molar-refractivity contribution is -0.0898. The molecule has 2 aromatic rings. The van der Waals surface area contributed by atoms with Gasteiger partial charge < -0.3 is 14.7 Å². The molecule has 0 aliphatic carbocycles. The highest BCUT2D eigenvalue weighted by molar-refractivity contribution is 5.69. The van der Waals surface area contributed by atoms with Crippen molar-refractivity contribution in [1.29, 1.82) is 5.26 Å². The van der Waals surface area contributed by atoms with Crippen LogP contribution < -0.4 is 0 Å². The Morgan fingerprint density at radius 2 is 1.90 bits per heavy atom. The van der Waals surface area contributed by atoms with Crippen LogP contribution in [0.5, 0.6) is 0 Å². The second-order valence-electron chi connectivity index (χ2n) is 7.93. The van der Waals surface area contributed by atoms with Crippen molar-refractivity contribution >= 4 is 6.09 Å². The van der Waals surface area contributed by atoms with Crippen LogP contribution in [-0.4, -0.2) is 28.2 Å². The Morgan fingerprint density at radius 1 is 1.21 bits per heavy atom. The number of hydrogen-bond donors (Lipinski definition) is 1. The van der Waals surface area contributed by atoms with E-state index in [2.05, 4.69) is 6.07 Å². The quantitative estimate of drug-likeness (QED) is 0.845. The summed E-state index contributed by atoms with van der Waals surface area (Å²) in [5.41, 5.74) is 0.165. The van der Waals surface area contributed by atoms with E-state index in [9.17, 15) is 19.6 Å². The average Bonchev–Trinajstić information content (AvgIpc) is 2.72. The van der Waals surface area contributed by atoms with Gasteiger partial charge in [-0.2, -0.15) is 5.26 Å². The number of aliphatic hydroxyl groups is 1. The smallest absolute Gasteiger partial charge is 0.410 e. The fraction of sp³-hybridized carbons (Fsp3) is 0.391. The topological polar surface area (TPSA) is 73.6 Å². The Balaban J connectivity index is 1.54. The van der Waals surface area contributed by atoms with Crippen molar-refractivity contribution in [2.45, 2.75) is 56.4 Å². The van der Waals surface area contributed by atoms with Gasteiger partial charge in [0.2, 0.25) is 0 Å². The lowest BCUT2D eigenvalue weighted by Crippen LogP contribution is -2.59. The number of carbonyl (C=O) groups is 1. The molecule has 1 amide bonds. The minimum absolute atomic E-state index is 0.197. The Hall–Kier alpha value is -2.91. The summed E-state index contributed by atoms with van der Waals surface area (Å²) < 4.78 is 19.4. The molecule has 150 valence electrons. The highest BCUT2D eigenvalue weighted by Gasteiger charge is 2.49. The maximum absolute atomic E-state index is 13.9. The number of piperidine rings is 2. The second kappa shape index (κ2) is 7.84. The van der Waals surface area contributed by atoms with Crippen LogP contribution in [0.25, 0.3) is 0 Å². The number of nitrogens with zero attached hydrogens (tertiary/aromatic N) is 2. The third-order valence-electron chi connectivity index (χ3n) is 6.03. The standard InChI is InChI=1S/C23H23FN2O3/c24-18-10-9-17(14-25)21(11-18)23(28)12-19-7-4-8-20(13-23)26(19)22(27)29-15-16-5-2-1-3-6-16/h1-3,5-6,9-11,19-20,28H,4,7-8,12-13,15H2. The van der Waals surface area contributed by atoms with Crippen LogP contribution in [0, 0.1) is 17.1 Å². The number of benzene rings is 2. The van der Waals surface area contributed by atoms with E-state index >= 15 is 0 Å². The zero-order chi connectivity index (χ0) is 20.4. The molecule has 2 atom stereocenters. The molecule has 1 N–H and O–H groups in total. The summed E-state index contributed by atoms with van der Waals surface area (Å²) in [6, 6.07) is 15.0. The minimum atomic E-state index is -1.33. The van der Waals surface area contributed by atoms with E-state index in [0.717, 1.165) is 24.8 Å². The third-order valence-corrected chi connectivity index (χ3v) is 6.03. The van der Waals surface area contributed by atoms with Gasteiger partial charge in [0, 0.05) is 30.5 Å². The predicted molar refractivity (Wildman–Crippen MR) is 104 cm³/mol.